The molecule has 1 aliphatic heterocycles. The van der Waals surface area contributed by atoms with E-state index < -0.39 is 0 Å². The van der Waals surface area contributed by atoms with Crippen LogP contribution in [-0.4, -0.2) is 21.3 Å². The number of furan rings is 1. The Kier molecular flexibility index (Phi) is 4.06. The number of aromatic nitrogens is 3. The van der Waals surface area contributed by atoms with Gasteiger partial charge in [0, 0.05) is 23.0 Å². The quantitative estimate of drug-likeness (QED) is 0.396. The first kappa shape index (κ1) is 17.5. The molecule has 6 heteroatoms. The van der Waals surface area contributed by atoms with Gasteiger partial charge in [0.25, 0.3) is 0 Å². The Morgan fingerprint density at radius 2 is 1.84 bits per heavy atom. The molecule has 0 saturated carbocycles. The smallest absolute Gasteiger partial charge is 0.166 e. The zero-order chi connectivity index (χ0) is 20.6. The fourth-order valence-corrected chi connectivity index (χ4v) is 3.80. The highest BCUT2D eigenvalue weighted by atomic mass is 16.5. The van der Waals surface area contributed by atoms with Crippen molar-refractivity contribution in [2.75, 3.05) is 11.6 Å². The topological polar surface area (TPSA) is 56.3 Å². The van der Waals surface area contributed by atoms with Gasteiger partial charge in [-0.25, -0.2) is 9.97 Å². The molecule has 0 fully saturated rings. The SMILES string of the molecule is C1=C(c2cccc(-n3cnc4cc(-c5ccoc5)ccc43)c2)OCN1c1ccccn1. The van der Waals surface area contributed by atoms with E-state index >= 15 is 0 Å². The van der Waals surface area contributed by atoms with Gasteiger partial charge in [0.2, 0.25) is 0 Å². The van der Waals surface area contributed by atoms with Gasteiger partial charge in [-0.3, -0.25) is 9.47 Å². The van der Waals surface area contributed by atoms with Gasteiger partial charge in [0.1, 0.15) is 17.9 Å². The molecule has 0 saturated heterocycles. The minimum absolute atomic E-state index is 0.446. The maximum absolute atomic E-state index is 5.94. The van der Waals surface area contributed by atoms with Crippen molar-refractivity contribution < 1.29 is 9.15 Å². The van der Waals surface area contributed by atoms with Crippen molar-refractivity contribution in [3.8, 4) is 16.8 Å². The number of benzene rings is 2. The number of hydrogen-bond acceptors (Lipinski definition) is 5. The van der Waals surface area contributed by atoms with Crippen molar-refractivity contribution in [1.82, 2.24) is 14.5 Å². The molecule has 2 aromatic carbocycles. The van der Waals surface area contributed by atoms with Crippen LogP contribution in [0.3, 0.4) is 0 Å². The van der Waals surface area contributed by atoms with E-state index in [1.54, 1.807) is 18.7 Å². The normalized spacial score (nSPS) is 13.4. The van der Waals surface area contributed by atoms with Crippen molar-refractivity contribution in [2.24, 2.45) is 0 Å². The second-order valence-corrected chi connectivity index (χ2v) is 7.30. The summed E-state index contributed by atoms with van der Waals surface area (Å²) in [6.45, 7) is 0.446. The van der Waals surface area contributed by atoms with E-state index in [2.05, 4.69) is 44.9 Å². The third-order valence-corrected chi connectivity index (χ3v) is 5.39. The van der Waals surface area contributed by atoms with Gasteiger partial charge in [-0.1, -0.05) is 24.3 Å². The van der Waals surface area contributed by atoms with Crippen LogP contribution in [0.5, 0.6) is 0 Å². The number of imidazole rings is 1. The molecule has 0 N–H and O–H groups in total. The zero-order valence-corrected chi connectivity index (χ0v) is 16.6. The average molecular weight is 406 g/mol. The number of pyridine rings is 1. The summed E-state index contributed by atoms with van der Waals surface area (Å²) in [5.74, 6) is 1.68. The number of ether oxygens (including phenoxy) is 1. The maximum atomic E-state index is 5.94. The van der Waals surface area contributed by atoms with Gasteiger partial charge in [-0.05, 0) is 48.0 Å². The standard InChI is InChI=1S/C25H18N4O2/c1-2-10-26-25(6-1)28-14-24(31-17-28)19-4-3-5-21(12-19)29-16-27-22-13-18(7-8-23(22)29)20-9-11-30-15-20/h1-16H,17H2. The van der Waals surface area contributed by atoms with Crippen molar-refractivity contribution in [1.29, 1.82) is 0 Å². The van der Waals surface area contributed by atoms with Gasteiger partial charge >= 0.3 is 0 Å². The number of fused-ring (bicyclic) bond motifs is 1. The number of hydrogen-bond donors (Lipinski definition) is 0. The molecule has 4 heterocycles. The summed E-state index contributed by atoms with van der Waals surface area (Å²) < 4.78 is 13.2. The second-order valence-electron chi connectivity index (χ2n) is 7.30. The molecule has 6 rings (SSSR count). The fourth-order valence-electron chi connectivity index (χ4n) is 3.80. The summed E-state index contributed by atoms with van der Waals surface area (Å²) in [7, 11) is 0. The van der Waals surface area contributed by atoms with Crippen LogP contribution in [0.2, 0.25) is 0 Å². The summed E-state index contributed by atoms with van der Waals surface area (Å²) in [4.78, 5) is 11.0. The first-order valence-electron chi connectivity index (χ1n) is 9.98. The molecule has 0 amide bonds. The number of nitrogens with zero attached hydrogens (tertiary/aromatic N) is 4. The van der Waals surface area contributed by atoms with E-state index in [-0.39, 0.29) is 0 Å². The first-order valence-corrected chi connectivity index (χ1v) is 9.98. The lowest BCUT2D eigenvalue weighted by molar-refractivity contribution is 0.307. The monoisotopic (exact) mass is 406 g/mol. The van der Waals surface area contributed by atoms with E-state index in [0.717, 1.165) is 45.0 Å². The third-order valence-electron chi connectivity index (χ3n) is 5.39. The lowest BCUT2D eigenvalue weighted by atomic mass is 10.1. The Bertz CT molecular complexity index is 1390. The minimum atomic E-state index is 0.446. The molecule has 0 radical (unpaired) electrons. The summed E-state index contributed by atoms with van der Waals surface area (Å²) in [5, 5.41) is 0. The van der Waals surface area contributed by atoms with Crippen LogP contribution >= 0.6 is 0 Å². The van der Waals surface area contributed by atoms with Crippen LogP contribution in [-0.2, 0) is 4.74 Å². The minimum Gasteiger partial charge on any atom is -0.472 e. The third kappa shape index (κ3) is 3.14. The van der Waals surface area contributed by atoms with Crippen molar-refractivity contribution in [3.05, 3.63) is 104 Å². The van der Waals surface area contributed by atoms with Gasteiger partial charge in [-0.2, -0.15) is 0 Å². The fraction of sp³-hybridized carbons (Fsp3) is 0.0400. The molecular formula is C25H18N4O2. The molecule has 0 spiro atoms. The van der Waals surface area contributed by atoms with Gasteiger partial charge in [0.05, 0.1) is 29.8 Å². The van der Waals surface area contributed by atoms with E-state index in [9.17, 15) is 0 Å². The molecule has 0 aliphatic carbocycles. The van der Waals surface area contributed by atoms with E-state index in [4.69, 9.17) is 9.15 Å². The highest BCUT2D eigenvalue weighted by Gasteiger charge is 2.18. The molecule has 5 aromatic rings. The van der Waals surface area contributed by atoms with Crippen LogP contribution in [0.15, 0.2) is 102 Å². The number of anilines is 1. The molecule has 3 aromatic heterocycles. The Labute approximate surface area is 178 Å². The average Bonchev–Trinajstić information content (AvgIpc) is 3.60. The molecule has 1 aliphatic rings. The van der Waals surface area contributed by atoms with Crippen LogP contribution in [0, 0.1) is 0 Å². The predicted molar refractivity (Wildman–Crippen MR) is 119 cm³/mol. The largest absolute Gasteiger partial charge is 0.472 e. The lowest BCUT2D eigenvalue weighted by Gasteiger charge is -2.10. The Balaban J connectivity index is 1.34. The molecular weight excluding hydrogens is 388 g/mol. The summed E-state index contributed by atoms with van der Waals surface area (Å²) in [6.07, 6.45) is 9.05. The van der Waals surface area contributed by atoms with Gasteiger partial charge in [-0.15, -0.1) is 0 Å². The van der Waals surface area contributed by atoms with Crippen LogP contribution < -0.4 is 4.90 Å². The van der Waals surface area contributed by atoms with Crippen LogP contribution in [0.25, 0.3) is 33.6 Å². The summed E-state index contributed by atoms with van der Waals surface area (Å²) >= 11 is 0. The Hall–Kier alpha value is -4.32. The number of rotatable bonds is 4. The highest BCUT2D eigenvalue weighted by molar-refractivity contribution is 5.83. The Morgan fingerprint density at radius 3 is 2.71 bits per heavy atom. The molecule has 6 nitrogen and oxygen atoms in total. The van der Waals surface area contributed by atoms with Crippen LogP contribution in [0.1, 0.15) is 5.56 Å². The van der Waals surface area contributed by atoms with E-state index in [0.29, 0.717) is 6.73 Å². The highest BCUT2D eigenvalue weighted by Crippen LogP contribution is 2.29. The van der Waals surface area contributed by atoms with Crippen molar-refractivity contribution >= 4 is 22.6 Å². The van der Waals surface area contributed by atoms with E-state index in [1.165, 1.54) is 0 Å². The molecule has 0 unspecified atom stereocenters. The second kappa shape index (κ2) is 7.18. The molecule has 150 valence electrons. The van der Waals surface area contributed by atoms with Gasteiger partial charge in [0.15, 0.2) is 6.73 Å². The predicted octanol–water partition coefficient (Wildman–Crippen LogP) is 5.47. The first-order chi connectivity index (χ1) is 15.3. The van der Waals surface area contributed by atoms with Crippen LogP contribution in [0.4, 0.5) is 5.82 Å². The van der Waals surface area contributed by atoms with Crippen molar-refractivity contribution in [3.63, 3.8) is 0 Å². The summed E-state index contributed by atoms with van der Waals surface area (Å²) in [6, 6.07) is 22.3. The van der Waals surface area contributed by atoms with Gasteiger partial charge < -0.3 is 9.15 Å². The van der Waals surface area contributed by atoms with Crippen molar-refractivity contribution in [2.45, 2.75) is 0 Å². The lowest BCUT2D eigenvalue weighted by Crippen LogP contribution is -2.13. The Morgan fingerprint density at radius 1 is 0.839 bits per heavy atom. The molecule has 0 atom stereocenters. The molecule has 31 heavy (non-hydrogen) atoms. The summed E-state index contributed by atoms with van der Waals surface area (Å²) in [5.41, 5.74) is 6.13. The zero-order valence-electron chi connectivity index (χ0n) is 16.6. The van der Waals surface area contributed by atoms with E-state index in [1.807, 2.05) is 53.8 Å². The maximum Gasteiger partial charge on any atom is 0.166 e. The molecule has 0 bridgehead atoms.